The van der Waals surface area contributed by atoms with E-state index in [1.54, 1.807) is 0 Å². The number of pyridine rings is 1. The predicted octanol–water partition coefficient (Wildman–Crippen LogP) is 3.34. The number of rotatable bonds is 5. The highest BCUT2D eigenvalue weighted by atomic mass is 19.4. The largest absolute Gasteiger partial charge is 0.433 e. The number of nitrogens with one attached hydrogen (secondary N) is 1. The standard InChI is InChI=1S/C22H20F4N4O3/c1-12(21(2,3)33)28-19(31)16-10-17(13-7-8-18(27-11-13)22(24,25)26)29-30(20(16)32)15-6-4-5-14(23)9-15/h4-12,33H,1-3H3,(H,28,31). The van der Waals surface area contributed by atoms with Gasteiger partial charge in [0.25, 0.3) is 11.5 Å². The van der Waals surface area contributed by atoms with Crippen LogP contribution in [0.3, 0.4) is 0 Å². The lowest BCUT2D eigenvalue weighted by atomic mass is 10.0. The number of alkyl halides is 3. The van der Waals surface area contributed by atoms with Gasteiger partial charge in [0.1, 0.15) is 17.1 Å². The maximum Gasteiger partial charge on any atom is 0.433 e. The number of benzene rings is 1. The van der Waals surface area contributed by atoms with Gasteiger partial charge in [0.2, 0.25) is 0 Å². The lowest BCUT2D eigenvalue weighted by Gasteiger charge is -2.26. The number of hydrogen-bond acceptors (Lipinski definition) is 5. The van der Waals surface area contributed by atoms with Crippen molar-refractivity contribution in [2.24, 2.45) is 0 Å². The van der Waals surface area contributed by atoms with E-state index in [0.717, 1.165) is 41.2 Å². The number of aromatic nitrogens is 3. The molecule has 11 heteroatoms. The maximum atomic E-state index is 13.8. The molecule has 174 valence electrons. The van der Waals surface area contributed by atoms with E-state index in [9.17, 15) is 32.3 Å². The van der Waals surface area contributed by atoms with Crippen molar-refractivity contribution in [3.63, 3.8) is 0 Å². The fraction of sp³-hybridized carbons (Fsp3) is 0.273. The molecule has 0 fully saturated rings. The van der Waals surface area contributed by atoms with Gasteiger partial charge in [-0.25, -0.2) is 4.39 Å². The van der Waals surface area contributed by atoms with Gasteiger partial charge >= 0.3 is 6.18 Å². The van der Waals surface area contributed by atoms with Gasteiger partial charge < -0.3 is 10.4 Å². The SMILES string of the molecule is CC(NC(=O)c1cc(-c2ccc(C(F)(F)F)nc2)nn(-c2cccc(F)c2)c1=O)C(C)(C)O. The van der Waals surface area contributed by atoms with Gasteiger partial charge in [-0.1, -0.05) is 6.07 Å². The summed E-state index contributed by atoms with van der Waals surface area (Å²) in [5.41, 5.74) is -3.65. The Labute approximate surface area is 185 Å². The quantitative estimate of drug-likeness (QED) is 0.565. The fourth-order valence-electron chi connectivity index (χ4n) is 2.75. The first kappa shape index (κ1) is 24.1. The zero-order valence-corrected chi connectivity index (χ0v) is 17.8. The normalized spacial score (nSPS) is 13.0. The molecule has 0 spiro atoms. The summed E-state index contributed by atoms with van der Waals surface area (Å²) in [6, 6.07) is 7.08. The number of carbonyl (C=O) groups is 1. The van der Waals surface area contributed by atoms with Crippen LogP contribution in [0, 0.1) is 5.82 Å². The van der Waals surface area contributed by atoms with E-state index in [4.69, 9.17) is 0 Å². The molecular formula is C22H20F4N4O3. The molecule has 33 heavy (non-hydrogen) atoms. The Hall–Kier alpha value is -3.60. The fourth-order valence-corrected chi connectivity index (χ4v) is 2.75. The number of amides is 1. The molecule has 3 rings (SSSR count). The van der Waals surface area contributed by atoms with E-state index in [1.165, 1.54) is 32.9 Å². The third-order valence-electron chi connectivity index (χ3n) is 4.97. The Morgan fingerprint density at radius 1 is 1.15 bits per heavy atom. The van der Waals surface area contributed by atoms with Crippen molar-refractivity contribution in [1.29, 1.82) is 0 Å². The van der Waals surface area contributed by atoms with E-state index >= 15 is 0 Å². The van der Waals surface area contributed by atoms with Crippen LogP contribution >= 0.6 is 0 Å². The van der Waals surface area contributed by atoms with Crippen LogP contribution in [-0.4, -0.2) is 37.4 Å². The predicted molar refractivity (Wildman–Crippen MR) is 111 cm³/mol. The van der Waals surface area contributed by atoms with Gasteiger partial charge in [-0.2, -0.15) is 23.0 Å². The monoisotopic (exact) mass is 464 g/mol. The lowest BCUT2D eigenvalue weighted by molar-refractivity contribution is -0.141. The van der Waals surface area contributed by atoms with Crippen LogP contribution in [0.25, 0.3) is 16.9 Å². The summed E-state index contributed by atoms with van der Waals surface area (Å²) in [6.07, 6.45) is -3.74. The summed E-state index contributed by atoms with van der Waals surface area (Å²) in [4.78, 5) is 29.2. The molecule has 0 radical (unpaired) electrons. The van der Waals surface area contributed by atoms with Gasteiger partial charge in [0, 0.05) is 11.8 Å². The van der Waals surface area contributed by atoms with Crippen molar-refractivity contribution in [1.82, 2.24) is 20.1 Å². The second-order valence-corrected chi connectivity index (χ2v) is 7.92. The highest BCUT2D eigenvalue weighted by molar-refractivity contribution is 5.95. The summed E-state index contributed by atoms with van der Waals surface area (Å²) < 4.78 is 53.1. The molecule has 1 unspecified atom stereocenters. The Kier molecular flexibility index (Phi) is 6.37. The minimum atomic E-state index is -4.65. The first-order chi connectivity index (χ1) is 15.3. The molecule has 0 aliphatic heterocycles. The molecule has 0 bridgehead atoms. The third kappa shape index (κ3) is 5.43. The van der Waals surface area contributed by atoms with Gasteiger partial charge in [0.15, 0.2) is 0 Å². The zero-order valence-electron chi connectivity index (χ0n) is 17.8. The van der Waals surface area contributed by atoms with Gasteiger partial charge in [-0.15, -0.1) is 0 Å². The summed E-state index contributed by atoms with van der Waals surface area (Å²) in [5, 5.41) is 16.7. The molecule has 0 saturated heterocycles. The van der Waals surface area contributed by atoms with Crippen molar-refractivity contribution >= 4 is 5.91 Å². The number of aliphatic hydroxyl groups is 1. The molecule has 3 aromatic rings. The minimum Gasteiger partial charge on any atom is -0.388 e. The molecule has 2 N–H and O–H groups in total. The Morgan fingerprint density at radius 2 is 1.85 bits per heavy atom. The van der Waals surface area contributed by atoms with Crippen LogP contribution in [-0.2, 0) is 6.18 Å². The molecule has 0 aliphatic rings. The molecular weight excluding hydrogens is 444 g/mol. The molecule has 0 aliphatic carbocycles. The molecule has 7 nitrogen and oxygen atoms in total. The van der Waals surface area contributed by atoms with E-state index in [2.05, 4.69) is 15.4 Å². The van der Waals surface area contributed by atoms with Gasteiger partial charge in [0.05, 0.1) is 23.0 Å². The minimum absolute atomic E-state index is 0.00584. The second-order valence-electron chi connectivity index (χ2n) is 7.92. The first-order valence-corrected chi connectivity index (χ1v) is 9.74. The summed E-state index contributed by atoms with van der Waals surface area (Å²) in [6.45, 7) is 4.47. The average molecular weight is 464 g/mol. The lowest BCUT2D eigenvalue weighted by Crippen LogP contribution is -2.48. The van der Waals surface area contributed by atoms with E-state index in [1.807, 2.05) is 0 Å². The number of carbonyl (C=O) groups excluding carboxylic acids is 1. The summed E-state index contributed by atoms with van der Waals surface area (Å²) >= 11 is 0. The van der Waals surface area contributed by atoms with Crippen LogP contribution in [0.4, 0.5) is 17.6 Å². The van der Waals surface area contributed by atoms with Crippen molar-refractivity contribution < 1.29 is 27.5 Å². The number of nitrogens with zero attached hydrogens (tertiary/aromatic N) is 3. The number of hydrogen-bond donors (Lipinski definition) is 2. The smallest absolute Gasteiger partial charge is 0.388 e. The summed E-state index contributed by atoms with van der Waals surface area (Å²) in [5.74, 6) is -1.51. The molecule has 1 amide bonds. The molecule has 2 aromatic heterocycles. The van der Waals surface area contributed by atoms with E-state index < -0.39 is 46.4 Å². The number of halogens is 4. The van der Waals surface area contributed by atoms with Gasteiger partial charge in [-0.3, -0.25) is 14.6 Å². The van der Waals surface area contributed by atoms with Crippen molar-refractivity contribution in [3.05, 3.63) is 76.1 Å². The van der Waals surface area contributed by atoms with Crippen LogP contribution in [0.2, 0.25) is 0 Å². The van der Waals surface area contributed by atoms with E-state index in [0.29, 0.717) is 0 Å². The molecule has 2 heterocycles. The molecule has 0 saturated carbocycles. The van der Waals surface area contributed by atoms with Gasteiger partial charge in [-0.05, 0) is 57.2 Å². The Balaban J connectivity index is 2.16. The molecule has 1 atom stereocenters. The van der Waals surface area contributed by atoms with Crippen molar-refractivity contribution in [2.45, 2.75) is 38.6 Å². The highest BCUT2D eigenvalue weighted by Gasteiger charge is 2.32. The highest BCUT2D eigenvalue weighted by Crippen LogP contribution is 2.28. The molecule has 1 aromatic carbocycles. The average Bonchev–Trinajstić information content (AvgIpc) is 2.72. The maximum absolute atomic E-state index is 13.8. The van der Waals surface area contributed by atoms with Crippen molar-refractivity contribution in [3.8, 4) is 16.9 Å². The van der Waals surface area contributed by atoms with Crippen LogP contribution in [0.15, 0.2) is 53.5 Å². The first-order valence-electron chi connectivity index (χ1n) is 9.74. The van der Waals surface area contributed by atoms with Crippen LogP contribution < -0.4 is 10.9 Å². The van der Waals surface area contributed by atoms with Crippen LogP contribution in [0.5, 0.6) is 0 Å². The Bertz CT molecular complexity index is 1230. The summed E-state index contributed by atoms with van der Waals surface area (Å²) in [7, 11) is 0. The Morgan fingerprint density at radius 3 is 2.39 bits per heavy atom. The second kappa shape index (κ2) is 8.74. The topological polar surface area (TPSA) is 97.1 Å². The third-order valence-corrected chi connectivity index (χ3v) is 4.97. The van der Waals surface area contributed by atoms with E-state index in [-0.39, 0.29) is 16.9 Å². The van der Waals surface area contributed by atoms with Crippen molar-refractivity contribution in [2.75, 3.05) is 0 Å². The van der Waals surface area contributed by atoms with Crippen LogP contribution in [0.1, 0.15) is 36.8 Å². The zero-order chi connectivity index (χ0) is 24.6.